The summed E-state index contributed by atoms with van der Waals surface area (Å²) in [6.07, 6.45) is 9.25. The minimum atomic E-state index is -0.370. The molecule has 0 amide bonds. The monoisotopic (exact) mass is 241 g/mol. The molecule has 0 aliphatic carbocycles. The van der Waals surface area contributed by atoms with Crippen LogP contribution >= 0.6 is 0 Å². The average Bonchev–Trinajstić information content (AvgIpc) is 2.34. The van der Waals surface area contributed by atoms with Crippen LogP contribution in [0.15, 0.2) is 11.8 Å². The van der Waals surface area contributed by atoms with E-state index < -0.39 is 0 Å². The Morgan fingerprint density at radius 3 is 2.29 bits per heavy atom. The summed E-state index contributed by atoms with van der Waals surface area (Å²) in [6, 6.07) is 0. The molecule has 0 aliphatic heterocycles. The number of allylic oxidation sites excluding steroid dienone is 1. The second-order valence-electron chi connectivity index (χ2n) is 4.41. The summed E-state index contributed by atoms with van der Waals surface area (Å²) in [5.41, 5.74) is 5.75. The van der Waals surface area contributed by atoms with Gasteiger partial charge < -0.3 is 10.5 Å². The third-order valence-corrected chi connectivity index (χ3v) is 2.83. The van der Waals surface area contributed by atoms with Crippen LogP contribution in [0.5, 0.6) is 0 Å². The van der Waals surface area contributed by atoms with Crippen molar-refractivity contribution in [2.75, 3.05) is 0 Å². The highest BCUT2D eigenvalue weighted by molar-refractivity contribution is 5.87. The Balaban J connectivity index is 4.12. The summed E-state index contributed by atoms with van der Waals surface area (Å²) in [5.74, 6) is -0.370. The number of hydrogen-bond donors (Lipinski definition) is 1. The first-order valence-corrected chi connectivity index (χ1v) is 6.78. The van der Waals surface area contributed by atoms with Crippen molar-refractivity contribution in [2.24, 2.45) is 5.73 Å². The second kappa shape index (κ2) is 10.2. The number of hydrogen-bond acceptors (Lipinski definition) is 3. The molecule has 1 atom stereocenters. The minimum absolute atomic E-state index is 0.0347. The van der Waals surface area contributed by atoms with E-state index in [0.29, 0.717) is 0 Å². The lowest BCUT2D eigenvalue weighted by Crippen LogP contribution is -2.22. The molecule has 0 bridgehead atoms. The van der Waals surface area contributed by atoms with Crippen LogP contribution < -0.4 is 5.73 Å². The van der Waals surface area contributed by atoms with E-state index in [9.17, 15) is 4.79 Å². The molecule has 0 aromatic heterocycles. The van der Waals surface area contributed by atoms with E-state index in [2.05, 4.69) is 13.8 Å². The highest BCUT2D eigenvalue weighted by Crippen LogP contribution is 2.14. The Bertz CT molecular complexity index is 236. The zero-order valence-corrected chi connectivity index (χ0v) is 11.5. The first kappa shape index (κ1) is 16.0. The standard InChI is InChI=1S/C14H27NO2/c1-4-7-9-11-12(10-8-5-2)17-14(16)13(15)6-3/h6,12H,4-5,7-11,15H2,1-3H3. The van der Waals surface area contributed by atoms with Crippen LogP contribution in [0.1, 0.15) is 65.7 Å². The number of carbonyl (C=O) groups is 1. The maximum atomic E-state index is 11.6. The Morgan fingerprint density at radius 1 is 1.18 bits per heavy atom. The fourth-order valence-electron chi connectivity index (χ4n) is 1.65. The van der Waals surface area contributed by atoms with E-state index in [1.54, 1.807) is 13.0 Å². The Hall–Kier alpha value is -0.990. The number of carbonyl (C=O) groups excluding carboxylic acids is 1. The van der Waals surface area contributed by atoms with Crippen LogP contribution in [0.3, 0.4) is 0 Å². The summed E-state index contributed by atoms with van der Waals surface area (Å²) < 4.78 is 5.42. The molecule has 0 aliphatic rings. The first-order valence-electron chi connectivity index (χ1n) is 6.78. The molecule has 0 radical (unpaired) electrons. The van der Waals surface area contributed by atoms with Gasteiger partial charge in [-0.25, -0.2) is 4.79 Å². The third-order valence-electron chi connectivity index (χ3n) is 2.83. The van der Waals surface area contributed by atoms with Crippen molar-refractivity contribution in [1.29, 1.82) is 0 Å². The van der Waals surface area contributed by atoms with Gasteiger partial charge in [0.15, 0.2) is 0 Å². The zero-order chi connectivity index (χ0) is 13.1. The van der Waals surface area contributed by atoms with E-state index >= 15 is 0 Å². The molecule has 0 heterocycles. The molecular weight excluding hydrogens is 214 g/mol. The van der Waals surface area contributed by atoms with E-state index in [-0.39, 0.29) is 17.8 Å². The van der Waals surface area contributed by atoms with E-state index in [0.717, 1.165) is 32.1 Å². The molecule has 0 aromatic rings. The Morgan fingerprint density at radius 2 is 1.76 bits per heavy atom. The van der Waals surface area contributed by atoms with Gasteiger partial charge in [-0.05, 0) is 26.2 Å². The van der Waals surface area contributed by atoms with Gasteiger partial charge in [0.25, 0.3) is 0 Å². The van der Waals surface area contributed by atoms with Crippen LogP contribution in [0, 0.1) is 0 Å². The van der Waals surface area contributed by atoms with Crippen molar-refractivity contribution in [1.82, 2.24) is 0 Å². The van der Waals surface area contributed by atoms with E-state index in [1.165, 1.54) is 12.8 Å². The molecule has 2 N–H and O–H groups in total. The van der Waals surface area contributed by atoms with Crippen molar-refractivity contribution in [2.45, 2.75) is 71.8 Å². The molecule has 3 nitrogen and oxygen atoms in total. The summed E-state index contributed by atoms with van der Waals surface area (Å²) in [5, 5.41) is 0. The van der Waals surface area contributed by atoms with Crippen LogP contribution in [0.4, 0.5) is 0 Å². The van der Waals surface area contributed by atoms with E-state index in [1.807, 2.05) is 0 Å². The number of nitrogens with two attached hydrogens (primary N) is 1. The maximum absolute atomic E-state index is 11.6. The normalized spacial score (nSPS) is 13.5. The molecule has 0 aromatic carbocycles. The highest BCUT2D eigenvalue weighted by Gasteiger charge is 2.15. The summed E-state index contributed by atoms with van der Waals surface area (Å²) >= 11 is 0. The number of esters is 1. The Kier molecular flexibility index (Phi) is 9.59. The van der Waals surface area contributed by atoms with Gasteiger partial charge in [-0.1, -0.05) is 45.6 Å². The molecule has 100 valence electrons. The van der Waals surface area contributed by atoms with Crippen LogP contribution in [-0.2, 0) is 9.53 Å². The smallest absolute Gasteiger partial charge is 0.354 e. The van der Waals surface area contributed by atoms with Crippen molar-refractivity contribution >= 4 is 5.97 Å². The molecule has 0 fully saturated rings. The summed E-state index contributed by atoms with van der Waals surface area (Å²) in [7, 11) is 0. The number of ether oxygens (including phenoxy) is 1. The largest absolute Gasteiger partial charge is 0.458 e. The number of unbranched alkanes of at least 4 members (excludes halogenated alkanes) is 3. The fourth-order valence-corrected chi connectivity index (χ4v) is 1.65. The SMILES string of the molecule is CC=C(N)C(=O)OC(CCCC)CCCCC. The molecule has 3 heteroatoms. The van der Waals surface area contributed by atoms with Crippen molar-refractivity contribution in [3.63, 3.8) is 0 Å². The molecule has 0 saturated heterocycles. The zero-order valence-electron chi connectivity index (χ0n) is 11.5. The minimum Gasteiger partial charge on any atom is -0.458 e. The van der Waals surface area contributed by atoms with Gasteiger partial charge >= 0.3 is 5.97 Å². The first-order chi connectivity index (χ1) is 8.15. The molecule has 1 unspecified atom stereocenters. The summed E-state index contributed by atoms with van der Waals surface area (Å²) in [4.78, 5) is 11.6. The van der Waals surface area contributed by atoms with Gasteiger partial charge in [-0.2, -0.15) is 0 Å². The lowest BCUT2D eigenvalue weighted by atomic mass is 10.1. The van der Waals surface area contributed by atoms with Gasteiger partial charge in [0.1, 0.15) is 11.8 Å². The highest BCUT2D eigenvalue weighted by atomic mass is 16.5. The van der Waals surface area contributed by atoms with Gasteiger partial charge in [-0.3, -0.25) is 0 Å². The van der Waals surface area contributed by atoms with Gasteiger partial charge in [0, 0.05) is 0 Å². The quantitative estimate of drug-likeness (QED) is 0.381. The van der Waals surface area contributed by atoms with Crippen molar-refractivity contribution in [3.8, 4) is 0 Å². The van der Waals surface area contributed by atoms with Gasteiger partial charge in [0.2, 0.25) is 0 Å². The maximum Gasteiger partial charge on any atom is 0.354 e. The molecule has 0 saturated carbocycles. The fraction of sp³-hybridized carbons (Fsp3) is 0.786. The lowest BCUT2D eigenvalue weighted by molar-refractivity contribution is -0.145. The molecular formula is C14H27NO2. The third kappa shape index (κ3) is 7.83. The predicted molar refractivity (Wildman–Crippen MR) is 71.5 cm³/mol. The van der Waals surface area contributed by atoms with Crippen LogP contribution in [0.25, 0.3) is 0 Å². The van der Waals surface area contributed by atoms with E-state index in [4.69, 9.17) is 10.5 Å². The lowest BCUT2D eigenvalue weighted by Gasteiger charge is -2.17. The van der Waals surface area contributed by atoms with Gasteiger partial charge in [0.05, 0.1) is 0 Å². The van der Waals surface area contributed by atoms with Crippen LogP contribution in [0.2, 0.25) is 0 Å². The summed E-state index contributed by atoms with van der Waals surface area (Å²) in [6.45, 7) is 6.06. The molecule has 0 spiro atoms. The Labute approximate surface area is 105 Å². The van der Waals surface area contributed by atoms with Crippen molar-refractivity contribution in [3.05, 3.63) is 11.8 Å². The van der Waals surface area contributed by atoms with Gasteiger partial charge in [-0.15, -0.1) is 0 Å². The number of rotatable bonds is 9. The van der Waals surface area contributed by atoms with Crippen LogP contribution in [-0.4, -0.2) is 12.1 Å². The second-order valence-corrected chi connectivity index (χ2v) is 4.41. The predicted octanol–water partition coefficient (Wildman–Crippen LogP) is 3.53. The van der Waals surface area contributed by atoms with Crippen molar-refractivity contribution < 1.29 is 9.53 Å². The average molecular weight is 241 g/mol. The molecule has 0 rings (SSSR count). The molecule has 17 heavy (non-hydrogen) atoms. The topological polar surface area (TPSA) is 52.3 Å².